The molecule has 0 saturated carbocycles. The molecule has 1 heterocycles. The van der Waals surface area contributed by atoms with Crippen LogP contribution in [-0.4, -0.2) is 21.9 Å². The van der Waals surface area contributed by atoms with Gasteiger partial charge in [0.25, 0.3) is 5.22 Å². The van der Waals surface area contributed by atoms with Crippen molar-refractivity contribution in [3.05, 3.63) is 29.3 Å². The second kappa shape index (κ2) is 5.88. The summed E-state index contributed by atoms with van der Waals surface area (Å²) in [5.41, 5.74) is 5.80. The molecule has 0 unspecified atom stereocenters. The number of carbonyl (C=O) groups excluding carboxylic acids is 1. The predicted molar refractivity (Wildman–Crippen MR) is 69.3 cm³/mol. The van der Waals surface area contributed by atoms with E-state index in [4.69, 9.17) is 21.8 Å². The van der Waals surface area contributed by atoms with Crippen molar-refractivity contribution in [2.75, 3.05) is 5.75 Å². The average molecular weight is 284 g/mol. The summed E-state index contributed by atoms with van der Waals surface area (Å²) in [6.07, 6.45) is 0.277. The maximum absolute atomic E-state index is 10.6. The Bertz CT molecular complexity index is 559. The standard InChI is InChI=1S/C11H10ClN3O2S/c12-8-3-1-2-7(6-8)10-14-15-11(17-10)18-5-4-9(13)16/h1-3,6H,4-5H2,(H2,13,16). The number of halogens is 1. The number of nitrogens with zero attached hydrogens (tertiary/aromatic N) is 2. The zero-order valence-electron chi connectivity index (χ0n) is 9.30. The highest BCUT2D eigenvalue weighted by Crippen LogP contribution is 2.25. The summed E-state index contributed by atoms with van der Waals surface area (Å²) in [4.78, 5) is 10.6. The van der Waals surface area contributed by atoms with Gasteiger partial charge in [-0.25, -0.2) is 0 Å². The third kappa shape index (κ3) is 3.48. The van der Waals surface area contributed by atoms with Crippen LogP contribution in [-0.2, 0) is 4.79 Å². The normalized spacial score (nSPS) is 10.5. The number of thioether (sulfide) groups is 1. The van der Waals surface area contributed by atoms with E-state index in [2.05, 4.69) is 10.2 Å². The predicted octanol–water partition coefficient (Wildman–Crippen LogP) is 2.36. The third-order valence-corrected chi connectivity index (χ3v) is 3.11. The van der Waals surface area contributed by atoms with E-state index in [-0.39, 0.29) is 12.3 Å². The number of hydrogen-bond acceptors (Lipinski definition) is 5. The molecule has 1 aromatic heterocycles. The number of amides is 1. The molecule has 2 rings (SSSR count). The molecule has 94 valence electrons. The van der Waals surface area contributed by atoms with Crippen LogP contribution < -0.4 is 5.73 Å². The minimum absolute atomic E-state index is 0.277. The van der Waals surface area contributed by atoms with E-state index < -0.39 is 0 Å². The molecule has 0 spiro atoms. The van der Waals surface area contributed by atoms with Crippen molar-refractivity contribution in [1.82, 2.24) is 10.2 Å². The topological polar surface area (TPSA) is 82.0 Å². The molecule has 2 aromatic rings. The molecule has 0 radical (unpaired) electrons. The second-order valence-electron chi connectivity index (χ2n) is 3.45. The van der Waals surface area contributed by atoms with Gasteiger partial charge in [-0.05, 0) is 18.2 Å². The lowest BCUT2D eigenvalue weighted by molar-refractivity contribution is -0.117. The SMILES string of the molecule is NC(=O)CCSc1nnc(-c2cccc(Cl)c2)o1. The lowest BCUT2D eigenvalue weighted by atomic mass is 10.2. The number of nitrogens with two attached hydrogens (primary N) is 1. The first kappa shape index (κ1) is 12.9. The fourth-order valence-electron chi connectivity index (χ4n) is 1.25. The molecular formula is C11H10ClN3O2S. The molecular weight excluding hydrogens is 274 g/mol. The van der Waals surface area contributed by atoms with E-state index in [9.17, 15) is 4.79 Å². The van der Waals surface area contributed by atoms with Crippen LogP contribution in [0.25, 0.3) is 11.5 Å². The van der Waals surface area contributed by atoms with Gasteiger partial charge in [0.1, 0.15) is 0 Å². The van der Waals surface area contributed by atoms with Crippen molar-refractivity contribution in [2.24, 2.45) is 5.73 Å². The molecule has 1 aromatic carbocycles. The number of hydrogen-bond donors (Lipinski definition) is 1. The monoisotopic (exact) mass is 283 g/mol. The molecule has 0 saturated heterocycles. The molecule has 0 atom stereocenters. The molecule has 7 heteroatoms. The zero-order chi connectivity index (χ0) is 13.0. The van der Waals surface area contributed by atoms with E-state index in [0.717, 1.165) is 5.56 Å². The van der Waals surface area contributed by atoms with Gasteiger partial charge in [0.05, 0.1) is 0 Å². The Labute approximate surface area is 113 Å². The van der Waals surface area contributed by atoms with Crippen LogP contribution in [0.1, 0.15) is 6.42 Å². The zero-order valence-corrected chi connectivity index (χ0v) is 10.9. The number of rotatable bonds is 5. The molecule has 0 fully saturated rings. The first-order chi connectivity index (χ1) is 8.65. The van der Waals surface area contributed by atoms with Crippen LogP contribution in [0.4, 0.5) is 0 Å². The largest absolute Gasteiger partial charge is 0.411 e. The average Bonchev–Trinajstić information content (AvgIpc) is 2.77. The van der Waals surface area contributed by atoms with Gasteiger partial charge in [0.15, 0.2) is 0 Å². The molecule has 0 aliphatic carbocycles. The molecule has 2 N–H and O–H groups in total. The fourth-order valence-corrected chi connectivity index (χ4v) is 2.15. The Balaban J connectivity index is 2.04. The number of primary amides is 1. The van der Waals surface area contributed by atoms with Gasteiger partial charge >= 0.3 is 0 Å². The Morgan fingerprint density at radius 1 is 1.44 bits per heavy atom. The first-order valence-electron chi connectivity index (χ1n) is 5.15. The molecule has 0 aliphatic rings. The fraction of sp³-hybridized carbons (Fsp3) is 0.182. The smallest absolute Gasteiger partial charge is 0.276 e. The van der Waals surface area contributed by atoms with Gasteiger partial charge in [0, 0.05) is 22.8 Å². The van der Waals surface area contributed by atoms with Crippen molar-refractivity contribution in [2.45, 2.75) is 11.6 Å². The van der Waals surface area contributed by atoms with Gasteiger partial charge in [0.2, 0.25) is 11.8 Å². The lowest BCUT2D eigenvalue weighted by Gasteiger charge is -1.95. The van der Waals surface area contributed by atoms with Crippen LogP contribution in [0.2, 0.25) is 5.02 Å². The number of aromatic nitrogens is 2. The molecule has 0 aliphatic heterocycles. The van der Waals surface area contributed by atoms with Gasteiger partial charge < -0.3 is 10.2 Å². The van der Waals surface area contributed by atoms with Gasteiger partial charge in [-0.15, -0.1) is 10.2 Å². The van der Waals surface area contributed by atoms with Crippen LogP contribution in [0, 0.1) is 0 Å². The van der Waals surface area contributed by atoms with E-state index in [0.29, 0.717) is 21.9 Å². The summed E-state index contributed by atoms with van der Waals surface area (Å²) in [6, 6.07) is 7.15. The minimum Gasteiger partial charge on any atom is -0.411 e. The van der Waals surface area contributed by atoms with Gasteiger partial charge in [-0.1, -0.05) is 29.4 Å². The van der Waals surface area contributed by atoms with Crippen LogP contribution in [0.3, 0.4) is 0 Å². The Hall–Kier alpha value is -1.53. The van der Waals surface area contributed by atoms with E-state index in [1.165, 1.54) is 11.8 Å². The lowest BCUT2D eigenvalue weighted by Crippen LogP contribution is -2.10. The molecule has 5 nitrogen and oxygen atoms in total. The third-order valence-electron chi connectivity index (χ3n) is 2.05. The van der Waals surface area contributed by atoms with Crippen LogP contribution in [0.15, 0.2) is 33.9 Å². The Kier molecular flexibility index (Phi) is 4.22. The van der Waals surface area contributed by atoms with Gasteiger partial charge in [-0.2, -0.15) is 0 Å². The van der Waals surface area contributed by atoms with Crippen LogP contribution >= 0.6 is 23.4 Å². The van der Waals surface area contributed by atoms with Crippen LogP contribution in [0.5, 0.6) is 0 Å². The summed E-state index contributed by atoms with van der Waals surface area (Å²) < 4.78 is 5.44. The molecule has 0 bridgehead atoms. The van der Waals surface area contributed by atoms with Crippen molar-refractivity contribution in [3.63, 3.8) is 0 Å². The molecule has 18 heavy (non-hydrogen) atoms. The molecule has 1 amide bonds. The minimum atomic E-state index is -0.350. The number of carbonyl (C=O) groups is 1. The van der Waals surface area contributed by atoms with Gasteiger partial charge in [-0.3, -0.25) is 4.79 Å². The maximum atomic E-state index is 10.6. The Morgan fingerprint density at radius 2 is 2.28 bits per heavy atom. The highest BCUT2D eigenvalue weighted by molar-refractivity contribution is 7.99. The van der Waals surface area contributed by atoms with Crippen molar-refractivity contribution < 1.29 is 9.21 Å². The summed E-state index contributed by atoms with van der Waals surface area (Å²) in [5, 5.41) is 8.80. The highest BCUT2D eigenvalue weighted by atomic mass is 35.5. The number of benzene rings is 1. The van der Waals surface area contributed by atoms with E-state index in [1.54, 1.807) is 12.1 Å². The maximum Gasteiger partial charge on any atom is 0.276 e. The van der Waals surface area contributed by atoms with Crippen molar-refractivity contribution in [3.8, 4) is 11.5 Å². The summed E-state index contributed by atoms with van der Waals surface area (Å²) in [7, 11) is 0. The first-order valence-corrected chi connectivity index (χ1v) is 6.52. The quantitative estimate of drug-likeness (QED) is 0.852. The highest BCUT2D eigenvalue weighted by Gasteiger charge is 2.09. The summed E-state index contributed by atoms with van der Waals surface area (Å²) in [5.74, 6) is 0.572. The van der Waals surface area contributed by atoms with E-state index in [1.807, 2.05) is 12.1 Å². The summed E-state index contributed by atoms with van der Waals surface area (Å²) >= 11 is 7.17. The second-order valence-corrected chi connectivity index (χ2v) is 4.93. The van der Waals surface area contributed by atoms with Crippen molar-refractivity contribution in [1.29, 1.82) is 0 Å². The van der Waals surface area contributed by atoms with Crippen molar-refractivity contribution >= 4 is 29.3 Å². The van der Waals surface area contributed by atoms with E-state index >= 15 is 0 Å². The summed E-state index contributed by atoms with van der Waals surface area (Å²) in [6.45, 7) is 0. The Morgan fingerprint density at radius 3 is 3.00 bits per heavy atom.